The maximum absolute atomic E-state index is 5.99. The van der Waals surface area contributed by atoms with Crippen molar-refractivity contribution in [3.63, 3.8) is 0 Å². The molecule has 1 N–H and O–H groups in total. The monoisotopic (exact) mass is 307 g/mol. The highest BCUT2D eigenvalue weighted by Crippen LogP contribution is 2.28. The lowest BCUT2D eigenvalue weighted by Gasteiger charge is -2.25. The van der Waals surface area contributed by atoms with Crippen molar-refractivity contribution in [3.05, 3.63) is 57.2 Å². The Bertz CT molecular complexity index is 492. The van der Waals surface area contributed by atoms with Crippen molar-refractivity contribution in [2.45, 2.75) is 45.2 Å². The third-order valence-electron chi connectivity index (χ3n) is 3.55. The fraction of sp³-hybridized carbons (Fsp3) is 0.412. The van der Waals surface area contributed by atoms with Crippen molar-refractivity contribution < 1.29 is 0 Å². The Balaban J connectivity index is 2.14. The number of thiophene rings is 1. The summed E-state index contributed by atoms with van der Waals surface area (Å²) in [6.07, 6.45) is 3.42. The normalized spacial score (nSPS) is 14.2. The van der Waals surface area contributed by atoms with Crippen molar-refractivity contribution >= 4 is 22.9 Å². The van der Waals surface area contributed by atoms with Crippen molar-refractivity contribution in [2.24, 2.45) is 0 Å². The molecule has 1 nitrogen and oxygen atoms in total. The number of benzene rings is 1. The highest BCUT2D eigenvalue weighted by Gasteiger charge is 2.17. The largest absolute Gasteiger partial charge is 0.302 e. The van der Waals surface area contributed by atoms with Crippen LogP contribution in [0.3, 0.4) is 0 Å². The van der Waals surface area contributed by atoms with Crippen molar-refractivity contribution in [1.82, 2.24) is 5.32 Å². The molecule has 0 bridgehead atoms. The Kier molecular flexibility index (Phi) is 6.08. The summed E-state index contributed by atoms with van der Waals surface area (Å²) in [6, 6.07) is 13.4. The predicted octanol–water partition coefficient (Wildman–Crippen LogP) is 5.98. The Labute approximate surface area is 131 Å². The summed E-state index contributed by atoms with van der Waals surface area (Å²) in [7, 11) is 0. The Morgan fingerprint density at radius 1 is 1.10 bits per heavy atom. The number of halogens is 1. The second-order valence-electron chi connectivity index (χ2n) is 5.04. The van der Waals surface area contributed by atoms with Crippen LogP contribution in [0.5, 0.6) is 0 Å². The average molecular weight is 308 g/mol. The summed E-state index contributed by atoms with van der Waals surface area (Å²) in [4.78, 5) is 1.42. The van der Waals surface area contributed by atoms with E-state index in [4.69, 9.17) is 11.6 Å². The van der Waals surface area contributed by atoms with Crippen LogP contribution in [-0.4, -0.2) is 0 Å². The maximum Gasteiger partial charge on any atom is 0.0417 e. The quantitative estimate of drug-likeness (QED) is 0.663. The molecule has 2 atom stereocenters. The van der Waals surface area contributed by atoms with Gasteiger partial charge in [0.15, 0.2) is 0 Å². The molecule has 0 saturated heterocycles. The maximum atomic E-state index is 5.99. The highest BCUT2D eigenvalue weighted by atomic mass is 35.5. The standard InChI is InChI=1S/C17H22ClNS/c1-3-6-16(13-8-10-14(18)11-9-13)19-15(4-2)17-7-5-12-20-17/h5,7-12,15-16,19H,3-4,6H2,1-2H3. The first-order valence-corrected chi connectivity index (χ1v) is 8.55. The fourth-order valence-corrected chi connectivity index (χ4v) is 3.46. The lowest BCUT2D eigenvalue weighted by molar-refractivity contribution is 0.417. The molecule has 20 heavy (non-hydrogen) atoms. The van der Waals surface area contributed by atoms with Crippen LogP contribution in [-0.2, 0) is 0 Å². The zero-order chi connectivity index (χ0) is 14.4. The van der Waals surface area contributed by atoms with E-state index in [1.165, 1.54) is 16.9 Å². The molecule has 2 unspecified atom stereocenters. The summed E-state index contributed by atoms with van der Waals surface area (Å²) >= 11 is 7.82. The van der Waals surface area contributed by atoms with E-state index in [0.29, 0.717) is 12.1 Å². The van der Waals surface area contributed by atoms with Crippen LogP contribution in [0.15, 0.2) is 41.8 Å². The van der Waals surface area contributed by atoms with Gasteiger partial charge in [0, 0.05) is 22.0 Å². The summed E-state index contributed by atoms with van der Waals surface area (Å²) in [5, 5.41) is 6.76. The van der Waals surface area contributed by atoms with E-state index in [0.717, 1.165) is 17.9 Å². The molecule has 0 radical (unpaired) electrons. The Hall–Kier alpha value is -0.830. The fourth-order valence-electron chi connectivity index (χ4n) is 2.46. The third-order valence-corrected chi connectivity index (χ3v) is 4.78. The molecule has 108 valence electrons. The van der Waals surface area contributed by atoms with Crippen molar-refractivity contribution in [3.8, 4) is 0 Å². The molecule has 2 rings (SSSR count). The average Bonchev–Trinajstić information content (AvgIpc) is 2.98. The molecule has 1 aromatic carbocycles. The number of rotatable bonds is 7. The van der Waals surface area contributed by atoms with E-state index in [-0.39, 0.29) is 0 Å². The van der Waals surface area contributed by atoms with E-state index in [1.54, 1.807) is 0 Å². The minimum Gasteiger partial charge on any atom is -0.302 e. The third kappa shape index (κ3) is 4.08. The molecule has 0 spiro atoms. The molecule has 0 saturated carbocycles. The molecule has 1 aromatic heterocycles. The van der Waals surface area contributed by atoms with E-state index >= 15 is 0 Å². The molecule has 2 aromatic rings. The van der Waals surface area contributed by atoms with Gasteiger partial charge in [-0.25, -0.2) is 0 Å². The zero-order valence-electron chi connectivity index (χ0n) is 12.1. The molecule has 3 heteroatoms. The lowest BCUT2D eigenvalue weighted by atomic mass is 10.0. The summed E-state index contributed by atoms with van der Waals surface area (Å²) < 4.78 is 0. The predicted molar refractivity (Wildman–Crippen MR) is 89.6 cm³/mol. The molecular formula is C17H22ClNS. The minimum atomic E-state index is 0.393. The van der Waals surface area contributed by atoms with Gasteiger partial charge in [-0.15, -0.1) is 11.3 Å². The minimum absolute atomic E-state index is 0.393. The molecule has 0 amide bonds. The molecule has 0 fully saturated rings. The van der Waals surface area contributed by atoms with Crippen LogP contribution in [0.25, 0.3) is 0 Å². The molecule has 0 aliphatic rings. The second-order valence-corrected chi connectivity index (χ2v) is 6.45. The van der Waals surface area contributed by atoms with E-state index < -0.39 is 0 Å². The Morgan fingerprint density at radius 3 is 2.40 bits per heavy atom. The topological polar surface area (TPSA) is 12.0 Å². The van der Waals surface area contributed by atoms with Gasteiger partial charge in [-0.1, -0.05) is 50.1 Å². The van der Waals surface area contributed by atoms with E-state index in [2.05, 4.69) is 48.8 Å². The van der Waals surface area contributed by atoms with E-state index in [9.17, 15) is 0 Å². The van der Waals surface area contributed by atoms with Crippen LogP contribution in [0.1, 0.15) is 55.6 Å². The smallest absolute Gasteiger partial charge is 0.0417 e. The number of hydrogen-bond donors (Lipinski definition) is 1. The Morgan fingerprint density at radius 2 is 1.85 bits per heavy atom. The summed E-state index contributed by atoms with van der Waals surface area (Å²) in [5.41, 5.74) is 1.33. The molecule has 1 heterocycles. The highest BCUT2D eigenvalue weighted by molar-refractivity contribution is 7.10. The van der Waals surface area contributed by atoms with Gasteiger partial charge >= 0.3 is 0 Å². The first-order valence-electron chi connectivity index (χ1n) is 7.29. The molecule has 0 aliphatic heterocycles. The van der Waals surface area contributed by atoms with Gasteiger partial charge in [0.1, 0.15) is 0 Å². The SMILES string of the molecule is CCCC(NC(CC)c1cccs1)c1ccc(Cl)cc1. The van der Waals surface area contributed by atoms with Crippen LogP contribution >= 0.6 is 22.9 Å². The summed E-state index contributed by atoms with van der Waals surface area (Å²) in [5.74, 6) is 0. The van der Waals surface area contributed by atoms with Gasteiger partial charge in [-0.2, -0.15) is 0 Å². The zero-order valence-corrected chi connectivity index (χ0v) is 13.7. The first kappa shape index (κ1) is 15.6. The first-order chi connectivity index (χ1) is 9.74. The van der Waals surface area contributed by atoms with Gasteiger partial charge in [0.05, 0.1) is 0 Å². The number of hydrogen-bond acceptors (Lipinski definition) is 2. The van der Waals surface area contributed by atoms with Gasteiger partial charge < -0.3 is 5.32 Å². The van der Waals surface area contributed by atoms with Crippen molar-refractivity contribution in [1.29, 1.82) is 0 Å². The van der Waals surface area contributed by atoms with Gasteiger partial charge in [-0.3, -0.25) is 0 Å². The van der Waals surface area contributed by atoms with Crippen LogP contribution in [0.4, 0.5) is 0 Å². The molecule has 0 aliphatic carbocycles. The van der Waals surface area contributed by atoms with Gasteiger partial charge in [-0.05, 0) is 42.0 Å². The van der Waals surface area contributed by atoms with Gasteiger partial charge in [0.25, 0.3) is 0 Å². The second kappa shape index (κ2) is 7.82. The van der Waals surface area contributed by atoms with Crippen molar-refractivity contribution in [2.75, 3.05) is 0 Å². The molecular weight excluding hydrogens is 286 g/mol. The summed E-state index contributed by atoms with van der Waals surface area (Å²) in [6.45, 7) is 4.47. The van der Waals surface area contributed by atoms with Crippen LogP contribution in [0.2, 0.25) is 5.02 Å². The van der Waals surface area contributed by atoms with E-state index in [1.807, 2.05) is 23.5 Å². The van der Waals surface area contributed by atoms with Crippen LogP contribution < -0.4 is 5.32 Å². The lowest BCUT2D eigenvalue weighted by Crippen LogP contribution is -2.25. The van der Waals surface area contributed by atoms with Crippen LogP contribution in [0, 0.1) is 0 Å². The van der Waals surface area contributed by atoms with Gasteiger partial charge in [0.2, 0.25) is 0 Å². The number of nitrogens with one attached hydrogen (secondary N) is 1.